The summed E-state index contributed by atoms with van der Waals surface area (Å²) in [5.41, 5.74) is 7.56. The molecule has 6 heteroatoms. The highest BCUT2D eigenvalue weighted by atomic mass is 79.9. The van der Waals surface area contributed by atoms with E-state index in [-0.39, 0.29) is 11.9 Å². The number of hydrogen-bond donors (Lipinski definition) is 1. The minimum atomic E-state index is -0.817. The van der Waals surface area contributed by atoms with E-state index in [0.717, 1.165) is 41.7 Å². The van der Waals surface area contributed by atoms with Crippen LogP contribution in [0.1, 0.15) is 37.1 Å². The number of halogens is 1. The number of ether oxygens (including phenoxy) is 1. The molecule has 1 fully saturated rings. The number of aromatic nitrogens is 2. The Morgan fingerprint density at radius 2 is 2.30 bits per heavy atom. The molecule has 112 valence electrons. The van der Waals surface area contributed by atoms with Crippen LogP contribution in [0.4, 0.5) is 0 Å². The number of carbonyl (C=O) groups is 1. The first-order valence-corrected chi connectivity index (χ1v) is 7.76. The van der Waals surface area contributed by atoms with Crippen molar-refractivity contribution in [2.45, 2.75) is 51.6 Å². The molecule has 5 nitrogen and oxygen atoms in total. The van der Waals surface area contributed by atoms with Crippen molar-refractivity contribution in [3.05, 3.63) is 15.9 Å². The fourth-order valence-electron chi connectivity index (χ4n) is 3.13. The molecule has 1 heterocycles. The monoisotopic (exact) mass is 343 g/mol. The van der Waals surface area contributed by atoms with Gasteiger partial charge in [0.15, 0.2) is 0 Å². The fourth-order valence-corrected chi connectivity index (χ4v) is 3.42. The predicted octanol–water partition coefficient (Wildman–Crippen LogP) is 2.32. The second-order valence-corrected chi connectivity index (χ2v) is 6.41. The minimum Gasteiger partial charge on any atom is -0.468 e. The van der Waals surface area contributed by atoms with Crippen LogP contribution in [0.5, 0.6) is 0 Å². The quantitative estimate of drug-likeness (QED) is 0.851. The second-order valence-electron chi connectivity index (χ2n) is 5.62. The molecule has 0 aliphatic heterocycles. The molecule has 0 radical (unpaired) electrons. The molecule has 0 saturated heterocycles. The van der Waals surface area contributed by atoms with E-state index in [1.807, 2.05) is 18.5 Å². The smallest absolute Gasteiger partial charge is 0.326 e. The Kier molecular flexibility index (Phi) is 4.54. The summed E-state index contributed by atoms with van der Waals surface area (Å²) in [6.45, 7) is 4.79. The average Bonchev–Trinajstić information content (AvgIpc) is 2.92. The maximum absolute atomic E-state index is 11.9. The summed E-state index contributed by atoms with van der Waals surface area (Å²) >= 11 is 3.53. The number of aryl methyl sites for hydroxylation is 2. The Hall–Kier alpha value is -0.880. The second kappa shape index (κ2) is 5.85. The van der Waals surface area contributed by atoms with Crippen LogP contribution in [0.25, 0.3) is 0 Å². The van der Waals surface area contributed by atoms with Crippen molar-refractivity contribution in [2.24, 2.45) is 11.7 Å². The standard InChI is InChI=1S/C14H22BrN3O2/c1-9-12(15)10(2)18(17-9)8-6-11-5-4-7-14(11,16)13(19)20-3/h11H,4-8,16H2,1-3H3. The van der Waals surface area contributed by atoms with Gasteiger partial charge in [0, 0.05) is 12.2 Å². The van der Waals surface area contributed by atoms with Gasteiger partial charge in [0.2, 0.25) is 0 Å². The molecule has 0 bridgehead atoms. The molecule has 1 aromatic heterocycles. The molecule has 1 aromatic rings. The molecule has 1 aliphatic carbocycles. The topological polar surface area (TPSA) is 70.1 Å². The minimum absolute atomic E-state index is 0.164. The van der Waals surface area contributed by atoms with E-state index in [9.17, 15) is 4.79 Å². The predicted molar refractivity (Wildman–Crippen MR) is 80.3 cm³/mol. The number of esters is 1. The van der Waals surface area contributed by atoms with Crippen LogP contribution in [0, 0.1) is 19.8 Å². The van der Waals surface area contributed by atoms with Gasteiger partial charge in [-0.2, -0.15) is 5.10 Å². The van der Waals surface area contributed by atoms with Crippen molar-refractivity contribution < 1.29 is 9.53 Å². The van der Waals surface area contributed by atoms with Crippen LogP contribution in [0.15, 0.2) is 4.47 Å². The Labute approximate surface area is 128 Å². The van der Waals surface area contributed by atoms with Crippen LogP contribution in [-0.4, -0.2) is 28.4 Å². The third-order valence-corrected chi connectivity index (χ3v) is 5.57. The Bertz CT molecular complexity index is 515. The summed E-state index contributed by atoms with van der Waals surface area (Å²) in [4.78, 5) is 11.9. The molecule has 2 unspecified atom stereocenters. The van der Waals surface area contributed by atoms with Gasteiger partial charge >= 0.3 is 5.97 Å². The molecule has 0 aromatic carbocycles. The molecule has 2 atom stereocenters. The zero-order valence-corrected chi connectivity index (χ0v) is 13.9. The first-order valence-electron chi connectivity index (χ1n) is 6.97. The molecule has 2 rings (SSSR count). The van der Waals surface area contributed by atoms with Gasteiger partial charge in [0.1, 0.15) is 5.54 Å². The lowest BCUT2D eigenvalue weighted by atomic mass is 9.85. The zero-order valence-electron chi connectivity index (χ0n) is 12.3. The maximum atomic E-state index is 11.9. The van der Waals surface area contributed by atoms with Gasteiger partial charge in [-0.15, -0.1) is 0 Å². The van der Waals surface area contributed by atoms with E-state index >= 15 is 0 Å². The maximum Gasteiger partial charge on any atom is 0.326 e. The largest absolute Gasteiger partial charge is 0.468 e. The van der Waals surface area contributed by atoms with Crippen molar-refractivity contribution in [1.29, 1.82) is 0 Å². The van der Waals surface area contributed by atoms with Crippen LogP contribution in [0.2, 0.25) is 0 Å². The number of nitrogens with two attached hydrogens (primary N) is 1. The van der Waals surface area contributed by atoms with Crippen LogP contribution >= 0.6 is 15.9 Å². The van der Waals surface area contributed by atoms with E-state index in [1.54, 1.807) is 0 Å². The van der Waals surface area contributed by atoms with Crippen LogP contribution < -0.4 is 5.73 Å². The third-order valence-electron chi connectivity index (χ3n) is 4.42. The molecule has 20 heavy (non-hydrogen) atoms. The number of hydrogen-bond acceptors (Lipinski definition) is 4. The summed E-state index contributed by atoms with van der Waals surface area (Å²) < 4.78 is 7.91. The van der Waals surface area contributed by atoms with Gasteiger partial charge in [-0.05, 0) is 55.0 Å². The number of nitrogens with zero attached hydrogens (tertiary/aromatic N) is 2. The average molecular weight is 344 g/mol. The molecular formula is C14H22BrN3O2. The lowest BCUT2D eigenvalue weighted by Gasteiger charge is -2.28. The van der Waals surface area contributed by atoms with Crippen molar-refractivity contribution in [2.75, 3.05) is 7.11 Å². The van der Waals surface area contributed by atoms with Crippen LogP contribution in [-0.2, 0) is 16.1 Å². The Morgan fingerprint density at radius 1 is 1.60 bits per heavy atom. The lowest BCUT2D eigenvalue weighted by Crippen LogP contribution is -2.51. The van der Waals surface area contributed by atoms with Gasteiger partial charge in [0.25, 0.3) is 0 Å². The summed E-state index contributed by atoms with van der Waals surface area (Å²) in [5.74, 6) is -0.118. The van der Waals surface area contributed by atoms with Crippen molar-refractivity contribution >= 4 is 21.9 Å². The van der Waals surface area contributed by atoms with Crippen molar-refractivity contribution in [1.82, 2.24) is 9.78 Å². The molecule has 1 saturated carbocycles. The zero-order chi connectivity index (χ0) is 14.9. The molecule has 2 N–H and O–H groups in total. The summed E-state index contributed by atoms with van der Waals surface area (Å²) in [6.07, 6.45) is 3.52. The number of rotatable bonds is 4. The van der Waals surface area contributed by atoms with E-state index < -0.39 is 5.54 Å². The Balaban J connectivity index is 2.06. The summed E-state index contributed by atoms with van der Waals surface area (Å²) in [5, 5.41) is 4.50. The molecular weight excluding hydrogens is 322 g/mol. The molecule has 0 amide bonds. The fraction of sp³-hybridized carbons (Fsp3) is 0.714. The van der Waals surface area contributed by atoms with Gasteiger partial charge in [-0.3, -0.25) is 9.48 Å². The first kappa shape index (κ1) is 15.5. The van der Waals surface area contributed by atoms with Gasteiger partial charge < -0.3 is 10.5 Å². The van der Waals surface area contributed by atoms with Gasteiger partial charge in [0.05, 0.1) is 17.3 Å². The van der Waals surface area contributed by atoms with E-state index in [0.29, 0.717) is 6.42 Å². The third kappa shape index (κ3) is 2.63. The number of carbonyl (C=O) groups excluding carboxylic acids is 1. The molecule has 1 aliphatic rings. The van der Waals surface area contributed by atoms with E-state index in [1.165, 1.54) is 7.11 Å². The van der Waals surface area contributed by atoms with Crippen molar-refractivity contribution in [3.8, 4) is 0 Å². The van der Waals surface area contributed by atoms with Gasteiger partial charge in [-0.25, -0.2) is 0 Å². The SMILES string of the molecule is COC(=O)C1(N)CCCC1CCn1nc(C)c(Br)c1C. The normalized spacial score (nSPS) is 25.9. The van der Waals surface area contributed by atoms with E-state index in [2.05, 4.69) is 21.0 Å². The molecule has 0 spiro atoms. The number of methoxy groups -OCH3 is 1. The summed E-state index contributed by atoms with van der Waals surface area (Å²) in [6, 6.07) is 0. The Morgan fingerprint density at radius 3 is 2.85 bits per heavy atom. The van der Waals surface area contributed by atoms with Crippen LogP contribution in [0.3, 0.4) is 0 Å². The highest BCUT2D eigenvalue weighted by molar-refractivity contribution is 9.10. The van der Waals surface area contributed by atoms with E-state index in [4.69, 9.17) is 10.5 Å². The highest BCUT2D eigenvalue weighted by Crippen LogP contribution is 2.37. The lowest BCUT2D eigenvalue weighted by molar-refractivity contribution is -0.148. The first-order chi connectivity index (χ1) is 9.40. The van der Waals surface area contributed by atoms with Crippen molar-refractivity contribution in [3.63, 3.8) is 0 Å². The van der Waals surface area contributed by atoms with Gasteiger partial charge in [-0.1, -0.05) is 6.42 Å². The summed E-state index contributed by atoms with van der Waals surface area (Å²) in [7, 11) is 1.41. The highest BCUT2D eigenvalue weighted by Gasteiger charge is 2.46.